The van der Waals surface area contributed by atoms with Crippen LogP contribution in [-0.2, 0) is 39.7 Å². The Balaban J connectivity index is 1.34. The van der Waals surface area contributed by atoms with Gasteiger partial charge in [-0.15, -0.1) is 0 Å². The average Bonchev–Trinajstić information content (AvgIpc) is 3.10. The Morgan fingerprint density at radius 1 is 0.941 bits per heavy atom. The standard InChI is InChI=1S/C38H58FN3O9/c1-4-47-35(44)33(21-26(2)3)42-34(43)17-16-30-22-32(49-37(46)40-20-18-27-12-14-29(39)15-13-27)23-38(50-30)19-8-11-31(51-38)25-48-36(45)41-24-28-9-6-5-7-10-28/h12-15,26,28,30-33H,4-11,16-25H2,1-3H3,(H,40,46)(H,41,45)(H,42,43)/t30-,31-,32-,33+,38+/m1/s1. The van der Waals surface area contributed by atoms with Crippen LogP contribution in [0.1, 0.15) is 110 Å². The first-order valence-electron chi connectivity index (χ1n) is 18.9. The second kappa shape index (κ2) is 20.6. The summed E-state index contributed by atoms with van der Waals surface area (Å²) in [6.07, 6.45) is 7.32. The summed E-state index contributed by atoms with van der Waals surface area (Å²) in [5.41, 5.74) is 0.880. The summed E-state index contributed by atoms with van der Waals surface area (Å²) < 4.78 is 42.9. The lowest BCUT2D eigenvalue weighted by atomic mass is 9.89. The van der Waals surface area contributed by atoms with Gasteiger partial charge >= 0.3 is 18.2 Å². The summed E-state index contributed by atoms with van der Waals surface area (Å²) in [5.74, 6) is -1.52. The van der Waals surface area contributed by atoms with Gasteiger partial charge in [-0.05, 0) is 81.4 Å². The van der Waals surface area contributed by atoms with Crippen LogP contribution in [0.4, 0.5) is 14.0 Å². The molecule has 2 heterocycles. The summed E-state index contributed by atoms with van der Waals surface area (Å²) in [6.45, 7) is 6.87. The largest absolute Gasteiger partial charge is 0.464 e. The van der Waals surface area contributed by atoms with Crippen LogP contribution in [0, 0.1) is 17.7 Å². The molecule has 1 aromatic rings. The Morgan fingerprint density at radius 2 is 1.69 bits per heavy atom. The highest BCUT2D eigenvalue weighted by molar-refractivity contribution is 5.84. The van der Waals surface area contributed by atoms with Gasteiger partial charge in [0.2, 0.25) is 5.91 Å². The number of esters is 1. The van der Waals surface area contributed by atoms with E-state index in [0.29, 0.717) is 57.5 Å². The normalized spacial score (nSPS) is 24.4. The van der Waals surface area contributed by atoms with Crippen LogP contribution >= 0.6 is 0 Å². The number of hydrogen-bond donors (Lipinski definition) is 3. The minimum atomic E-state index is -1.09. The highest BCUT2D eigenvalue weighted by Gasteiger charge is 2.47. The zero-order valence-electron chi connectivity index (χ0n) is 30.6. The fourth-order valence-electron chi connectivity index (χ4n) is 7.24. The highest BCUT2D eigenvalue weighted by atomic mass is 19.1. The molecule has 12 nitrogen and oxygen atoms in total. The molecule has 0 aromatic heterocycles. The van der Waals surface area contributed by atoms with Crippen molar-refractivity contribution in [1.82, 2.24) is 16.0 Å². The van der Waals surface area contributed by atoms with Crippen LogP contribution in [0.15, 0.2) is 24.3 Å². The van der Waals surface area contributed by atoms with Gasteiger partial charge in [0.25, 0.3) is 0 Å². The third-order valence-electron chi connectivity index (χ3n) is 9.75. The van der Waals surface area contributed by atoms with E-state index in [0.717, 1.165) is 24.8 Å². The molecule has 0 unspecified atom stereocenters. The Labute approximate surface area is 301 Å². The van der Waals surface area contributed by atoms with Gasteiger partial charge in [-0.3, -0.25) is 4.79 Å². The monoisotopic (exact) mass is 719 g/mol. The Hall–Kier alpha value is -3.45. The zero-order valence-corrected chi connectivity index (χ0v) is 30.6. The van der Waals surface area contributed by atoms with Gasteiger partial charge in [0.15, 0.2) is 5.79 Å². The molecule has 1 aliphatic carbocycles. The first-order valence-corrected chi connectivity index (χ1v) is 18.9. The number of alkyl carbamates (subject to hydrolysis) is 2. The molecule has 0 radical (unpaired) electrons. The predicted molar refractivity (Wildman–Crippen MR) is 187 cm³/mol. The topological polar surface area (TPSA) is 151 Å². The Morgan fingerprint density at radius 3 is 2.41 bits per heavy atom. The van der Waals surface area contributed by atoms with Gasteiger partial charge in [0, 0.05) is 38.8 Å². The van der Waals surface area contributed by atoms with Crippen LogP contribution in [0.3, 0.4) is 0 Å². The average molecular weight is 720 g/mol. The number of benzene rings is 1. The maximum absolute atomic E-state index is 13.3. The van der Waals surface area contributed by atoms with Crippen molar-refractivity contribution in [3.05, 3.63) is 35.6 Å². The molecule has 3 N–H and O–H groups in total. The molecule has 1 spiro atoms. The van der Waals surface area contributed by atoms with E-state index in [2.05, 4.69) is 16.0 Å². The first-order chi connectivity index (χ1) is 24.5. The van der Waals surface area contributed by atoms with Crippen molar-refractivity contribution < 1.29 is 47.3 Å². The van der Waals surface area contributed by atoms with Crippen LogP contribution in [-0.4, -0.2) is 80.5 Å². The fourth-order valence-corrected chi connectivity index (χ4v) is 7.24. The third kappa shape index (κ3) is 14.2. The van der Waals surface area contributed by atoms with Crippen LogP contribution in [0.5, 0.6) is 0 Å². The van der Waals surface area contributed by atoms with E-state index in [-0.39, 0.29) is 43.7 Å². The molecule has 13 heteroatoms. The summed E-state index contributed by atoms with van der Waals surface area (Å²) in [6, 6.07) is 5.36. The molecule has 286 valence electrons. The number of carbonyl (C=O) groups is 4. The summed E-state index contributed by atoms with van der Waals surface area (Å²) in [7, 11) is 0. The van der Waals surface area contributed by atoms with E-state index in [9.17, 15) is 23.6 Å². The van der Waals surface area contributed by atoms with Gasteiger partial charge < -0.3 is 39.6 Å². The molecule has 2 saturated heterocycles. The van der Waals surface area contributed by atoms with Crippen molar-refractivity contribution in [2.24, 2.45) is 11.8 Å². The summed E-state index contributed by atoms with van der Waals surface area (Å²) >= 11 is 0. The van der Waals surface area contributed by atoms with E-state index in [1.54, 1.807) is 19.1 Å². The number of amides is 3. The van der Waals surface area contributed by atoms with Crippen molar-refractivity contribution >= 4 is 24.1 Å². The van der Waals surface area contributed by atoms with Crippen molar-refractivity contribution in [1.29, 1.82) is 0 Å². The van der Waals surface area contributed by atoms with Gasteiger partial charge in [0.1, 0.15) is 24.6 Å². The van der Waals surface area contributed by atoms with Gasteiger partial charge in [-0.2, -0.15) is 0 Å². The maximum Gasteiger partial charge on any atom is 0.407 e. The number of hydrogen-bond acceptors (Lipinski definition) is 9. The predicted octanol–water partition coefficient (Wildman–Crippen LogP) is 6.09. The quantitative estimate of drug-likeness (QED) is 0.136. The first kappa shape index (κ1) is 40.3. The number of ether oxygens (including phenoxy) is 5. The molecule has 0 bridgehead atoms. The minimum absolute atomic E-state index is 0.0647. The fraction of sp³-hybridized carbons (Fsp3) is 0.737. The van der Waals surface area contributed by atoms with E-state index in [1.165, 1.54) is 31.4 Å². The smallest absolute Gasteiger partial charge is 0.407 e. The number of nitrogens with one attached hydrogen (secondary N) is 3. The van der Waals surface area contributed by atoms with E-state index >= 15 is 0 Å². The molecule has 3 aliphatic rings. The zero-order chi connectivity index (χ0) is 36.6. The number of halogens is 1. The van der Waals surface area contributed by atoms with Gasteiger partial charge in [0.05, 0.1) is 18.8 Å². The van der Waals surface area contributed by atoms with E-state index in [1.807, 2.05) is 13.8 Å². The lowest BCUT2D eigenvalue weighted by Crippen LogP contribution is -2.54. The minimum Gasteiger partial charge on any atom is -0.464 e. The van der Waals surface area contributed by atoms with E-state index < -0.39 is 48.3 Å². The molecule has 3 amide bonds. The van der Waals surface area contributed by atoms with Crippen LogP contribution < -0.4 is 16.0 Å². The van der Waals surface area contributed by atoms with Gasteiger partial charge in [-0.25, -0.2) is 18.8 Å². The van der Waals surface area contributed by atoms with Crippen LogP contribution in [0.25, 0.3) is 0 Å². The third-order valence-corrected chi connectivity index (χ3v) is 9.75. The second-order valence-corrected chi connectivity index (χ2v) is 14.6. The molecule has 4 rings (SSSR count). The highest BCUT2D eigenvalue weighted by Crippen LogP contribution is 2.41. The Kier molecular flexibility index (Phi) is 16.3. The molecular weight excluding hydrogens is 661 g/mol. The van der Waals surface area contributed by atoms with Crippen LogP contribution in [0.2, 0.25) is 0 Å². The number of carbonyl (C=O) groups excluding carboxylic acids is 4. The second-order valence-electron chi connectivity index (χ2n) is 14.6. The lowest BCUT2D eigenvalue weighted by molar-refractivity contribution is -0.329. The summed E-state index contributed by atoms with van der Waals surface area (Å²) in [4.78, 5) is 50.9. The molecule has 2 aliphatic heterocycles. The van der Waals surface area contributed by atoms with Crippen molar-refractivity contribution in [2.75, 3.05) is 26.3 Å². The molecule has 51 heavy (non-hydrogen) atoms. The molecule has 5 atom stereocenters. The molecule has 3 fully saturated rings. The number of rotatable bonds is 16. The molecular formula is C38H58FN3O9. The lowest BCUT2D eigenvalue weighted by Gasteiger charge is -2.47. The van der Waals surface area contributed by atoms with E-state index in [4.69, 9.17) is 23.7 Å². The van der Waals surface area contributed by atoms with Crippen molar-refractivity contribution in [2.45, 2.75) is 141 Å². The Bertz CT molecular complexity index is 1260. The molecule has 1 aromatic carbocycles. The maximum atomic E-state index is 13.3. The van der Waals surface area contributed by atoms with Gasteiger partial charge in [-0.1, -0.05) is 45.2 Å². The summed E-state index contributed by atoms with van der Waals surface area (Å²) in [5, 5.41) is 8.49. The van der Waals surface area contributed by atoms with Crippen molar-refractivity contribution in [3.8, 4) is 0 Å². The van der Waals surface area contributed by atoms with Crippen molar-refractivity contribution in [3.63, 3.8) is 0 Å². The SMILES string of the molecule is CCOC(=O)[C@H](CC(C)C)NC(=O)CC[C@@H]1C[C@@H](OC(=O)NCCc2ccc(F)cc2)C[C@@]2(CCC[C@H](COC(=O)NCC3CCCCC3)O2)O1. The molecule has 1 saturated carbocycles.